The topological polar surface area (TPSA) is 63.2 Å². The summed E-state index contributed by atoms with van der Waals surface area (Å²) in [5.41, 5.74) is 2.28. The molecular weight excluding hydrogens is 334 g/mol. The van der Waals surface area contributed by atoms with Gasteiger partial charge < -0.3 is 5.32 Å². The lowest BCUT2D eigenvalue weighted by atomic mass is 9.96. The maximum atomic E-state index is 12.3. The van der Waals surface area contributed by atoms with Gasteiger partial charge in [-0.3, -0.25) is 4.79 Å². The minimum atomic E-state index is -3.42. The van der Waals surface area contributed by atoms with Crippen molar-refractivity contribution in [1.82, 2.24) is 5.32 Å². The van der Waals surface area contributed by atoms with Crippen molar-refractivity contribution in [1.29, 1.82) is 0 Å². The molecule has 0 aliphatic heterocycles. The van der Waals surface area contributed by atoms with E-state index >= 15 is 0 Å². The normalized spacial score (nSPS) is 15.6. The Kier molecular flexibility index (Phi) is 4.95. The van der Waals surface area contributed by atoms with E-state index in [2.05, 4.69) is 17.4 Å². The average molecular weight is 357 g/mol. The van der Waals surface area contributed by atoms with Crippen molar-refractivity contribution in [2.45, 2.75) is 36.5 Å². The largest absolute Gasteiger partial charge is 0.355 e. The number of benzene rings is 2. The van der Waals surface area contributed by atoms with Crippen LogP contribution in [0.4, 0.5) is 0 Å². The molecule has 1 saturated carbocycles. The van der Waals surface area contributed by atoms with Crippen molar-refractivity contribution in [3.05, 3.63) is 65.7 Å². The SMILES string of the molecule is Cc1ccc(S(=O)(=O)CCC(=O)NCC2(c3ccccc3)CC2)cc1. The fourth-order valence-electron chi connectivity index (χ4n) is 2.96. The molecule has 1 aliphatic carbocycles. The van der Waals surface area contributed by atoms with E-state index in [1.807, 2.05) is 25.1 Å². The molecule has 2 aromatic rings. The summed E-state index contributed by atoms with van der Waals surface area (Å²) in [6, 6.07) is 16.9. The Balaban J connectivity index is 1.52. The summed E-state index contributed by atoms with van der Waals surface area (Å²) < 4.78 is 24.6. The molecular formula is C20H23NO3S. The van der Waals surface area contributed by atoms with E-state index in [4.69, 9.17) is 0 Å². The zero-order valence-corrected chi connectivity index (χ0v) is 15.2. The van der Waals surface area contributed by atoms with Crippen LogP contribution in [0.3, 0.4) is 0 Å². The monoisotopic (exact) mass is 357 g/mol. The second-order valence-electron chi connectivity index (χ2n) is 6.81. The molecule has 5 heteroatoms. The fraction of sp³-hybridized carbons (Fsp3) is 0.350. The van der Waals surface area contributed by atoms with E-state index < -0.39 is 9.84 Å². The zero-order valence-electron chi connectivity index (χ0n) is 14.4. The molecule has 0 radical (unpaired) electrons. The molecule has 0 heterocycles. The molecule has 0 atom stereocenters. The van der Waals surface area contributed by atoms with Crippen LogP contribution in [0, 0.1) is 6.92 Å². The van der Waals surface area contributed by atoms with Gasteiger partial charge in [-0.25, -0.2) is 8.42 Å². The number of hydrogen-bond acceptors (Lipinski definition) is 3. The summed E-state index contributed by atoms with van der Waals surface area (Å²) in [6.07, 6.45) is 2.10. The number of aryl methyl sites for hydroxylation is 1. The van der Waals surface area contributed by atoms with Crippen LogP contribution < -0.4 is 5.32 Å². The van der Waals surface area contributed by atoms with E-state index in [1.54, 1.807) is 24.3 Å². The number of carbonyl (C=O) groups excluding carboxylic acids is 1. The maximum Gasteiger partial charge on any atom is 0.221 e. The second-order valence-corrected chi connectivity index (χ2v) is 8.91. The first-order valence-electron chi connectivity index (χ1n) is 8.53. The Morgan fingerprint density at radius 1 is 1.04 bits per heavy atom. The van der Waals surface area contributed by atoms with Gasteiger partial charge >= 0.3 is 0 Å². The number of rotatable bonds is 7. The Hall–Kier alpha value is -2.14. The molecule has 0 bridgehead atoms. The van der Waals surface area contributed by atoms with Crippen molar-refractivity contribution < 1.29 is 13.2 Å². The van der Waals surface area contributed by atoms with Crippen LogP contribution in [0.25, 0.3) is 0 Å². The van der Waals surface area contributed by atoms with Gasteiger partial charge in [-0.1, -0.05) is 48.0 Å². The third-order valence-corrected chi connectivity index (χ3v) is 6.57. The van der Waals surface area contributed by atoms with Gasteiger partial charge in [0.1, 0.15) is 0 Å². The fourth-order valence-corrected chi connectivity index (χ4v) is 4.20. The highest BCUT2D eigenvalue weighted by atomic mass is 32.2. The minimum Gasteiger partial charge on any atom is -0.355 e. The Labute approximate surface area is 149 Å². The van der Waals surface area contributed by atoms with Crippen molar-refractivity contribution in [3.8, 4) is 0 Å². The van der Waals surface area contributed by atoms with Gasteiger partial charge in [0.15, 0.2) is 9.84 Å². The molecule has 1 N–H and O–H groups in total. The molecule has 1 aliphatic rings. The molecule has 0 unspecified atom stereocenters. The highest BCUT2D eigenvalue weighted by Crippen LogP contribution is 2.47. The van der Waals surface area contributed by atoms with Crippen molar-refractivity contribution in [2.75, 3.05) is 12.3 Å². The number of carbonyl (C=O) groups is 1. The van der Waals surface area contributed by atoms with Crippen LogP contribution in [-0.4, -0.2) is 26.6 Å². The van der Waals surface area contributed by atoms with E-state index in [0.29, 0.717) is 6.54 Å². The van der Waals surface area contributed by atoms with Crippen LogP contribution >= 0.6 is 0 Å². The van der Waals surface area contributed by atoms with Gasteiger partial charge in [0.2, 0.25) is 5.91 Å². The molecule has 3 rings (SSSR count). The predicted octanol–water partition coefficient (Wildman–Crippen LogP) is 3.01. The van der Waals surface area contributed by atoms with Crippen LogP contribution in [0.2, 0.25) is 0 Å². The van der Waals surface area contributed by atoms with Gasteiger partial charge in [-0.15, -0.1) is 0 Å². The summed E-state index contributed by atoms with van der Waals surface area (Å²) in [6.45, 7) is 2.48. The summed E-state index contributed by atoms with van der Waals surface area (Å²) in [5.74, 6) is -0.377. The molecule has 25 heavy (non-hydrogen) atoms. The quantitative estimate of drug-likeness (QED) is 0.828. The third kappa shape index (κ3) is 4.28. The van der Waals surface area contributed by atoms with E-state index in [9.17, 15) is 13.2 Å². The molecule has 1 amide bonds. The number of hydrogen-bond donors (Lipinski definition) is 1. The first-order chi connectivity index (χ1) is 11.9. The lowest BCUT2D eigenvalue weighted by Crippen LogP contribution is -2.33. The molecule has 2 aromatic carbocycles. The first kappa shape index (κ1) is 17.7. The zero-order chi connectivity index (χ0) is 17.9. The molecule has 1 fully saturated rings. The Bertz CT molecular complexity index is 838. The van der Waals surface area contributed by atoms with Gasteiger partial charge in [0.25, 0.3) is 0 Å². The first-order valence-corrected chi connectivity index (χ1v) is 10.2. The highest BCUT2D eigenvalue weighted by Gasteiger charge is 2.44. The number of sulfone groups is 1. The number of amides is 1. The minimum absolute atomic E-state index is 0.0128. The van der Waals surface area contributed by atoms with Gasteiger partial charge in [-0.05, 0) is 37.5 Å². The average Bonchev–Trinajstić information content (AvgIpc) is 3.41. The molecule has 4 nitrogen and oxygen atoms in total. The lowest BCUT2D eigenvalue weighted by molar-refractivity contribution is -0.120. The summed E-state index contributed by atoms with van der Waals surface area (Å²) >= 11 is 0. The second kappa shape index (κ2) is 7.00. The van der Waals surface area contributed by atoms with Gasteiger partial charge in [0.05, 0.1) is 10.6 Å². The van der Waals surface area contributed by atoms with Crippen LogP contribution in [-0.2, 0) is 20.0 Å². The van der Waals surface area contributed by atoms with E-state index in [1.165, 1.54) is 5.56 Å². The van der Waals surface area contributed by atoms with Crippen molar-refractivity contribution in [2.24, 2.45) is 0 Å². The molecule has 0 saturated heterocycles. The summed E-state index contributed by atoms with van der Waals surface area (Å²) in [7, 11) is -3.42. The van der Waals surface area contributed by atoms with E-state index in [0.717, 1.165) is 18.4 Å². The predicted molar refractivity (Wildman–Crippen MR) is 98.2 cm³/mol. The molecule has 0 spiro atoms. The number of nitrogens with one attached hydrogen (secondary N) is 1. The van der Waals surface area contributed by atoms with Gasteiger partial charge in [0, 0.05) is 18.4 Å². The van der Waals surface area contributed by atoms with Crippen molar-refractivity contribution >= 4 is 15.7 Å². The van der Waals surface area contributed by atoms with Crippen LogP contribution in [0.1, 0.15) is 30.4 Å². The van der Waals surface area contributed by atoms with Crippen LogP contribution in [0.5, 0.6) is 0 Å². The Morgan fingerprint density at radius 3 is 2.28 bits per heavy atom. The highest BCUT2D eigenvalue weighted by molar-refractivity contribution is 7.91. The van der Waals surface area contributed by atoms with E-state index in [-0.39, 0.29) is 28.4 Å². The lowest BCUT2D eigenvalue weighted by Gasteiger charge is -2.16. The summed E-state index contributed by atoms with van der Waals surface area (Å²) in [5, 5.41) is 2.91. The smallest absolute Gasteiger partial charge is 0.221 e. The third-order valence-electron chi connectivity index (χ3n) is 4.84. The Morgan fingerprint density at radius 2 is 1.68 bits per heavy atom. The summed E-state index contributed by atoms with van der Waals surface area (Å²) in [4.78, 5) is 12.4. The van der Waals surface area contributed by atoms with Crippen LogP contribution in [0.15, 0.2) is 59.5 Å². The standard InChI is InChI=1S/C20H23NO3S/c1-16-7-9-18(10-8-16)25(23,24)14-11-19(22)21-15-20(12-13-20)17-5-3-2-4-6-17/h2-10H,11-15H2,1H3,(H,21,22). The van der Waals surface area contributed by atoms with Gasteiger partial charge in [-0.2, -0.15) is 0 Å². The maximum absolute atomic E-state index is 12.3. The molecule has 132 valence electrons. The molecule has 0 aromatic heterocycles. The van der Waals surface area contributed by atoms with Crippen molar-refractivity contribution in [3.63, 3.8) is 0 Å².